The van der Waals surface area contributed by atoms with Crippen LogP contribution in [0, 0.1) is 5.92 Å². The number of aliphatic hydroxyl groups is 1. The van der Waals surface area contributed by atoms with E-state index in [2.05, 4.69) is 0 Å². The molecule has 0 fully saturated rings. The molecular formula is C22H28O8. The second-order valence-corrected chi connectivity index (χ2v) is 8.18. The fourth-order valence-electron chi connectivity index (χ4n) is 3.31. The summed E-state index contributed by atoms with van der Waals surface area (Å²) in [6.45, 7) is 7.50. The normalized spacial score (nSPS) is 28.7. The number of allylic oxidation sites excluding steroid dienone is 1. The van der Waals surface area contributed by atoms with E-state index < -0.39 is 35.5 Å². The number of ether oxygens (including phenoxy) is 3. The highest BCUT2D eigenvalue weighted by Gasteiger charge is 2.40. The standard InChI is InChI=1S/C22H28O8/c1-12(2)8-19(25)29-17-9-13(3)16(24)6-7-22(5,27)10-18-20(17)15(21(26)30-18)11-28-14(4)23/h8,10,13,17,27H,6-7,9,11H2,1-5H3/b18-10-/t13-,17+,22+/m0/s1. The average Bonchev–Trinajstić information content (AvgIpc) is 2.90. The van der Waals surface area contributed by atoms with Gasteiger partial charge in [0.15, 0.2) is 0 Å². The molecule has 1 aliphatic heterocycles. The average molecular weight is 420 g/mol. The largest absolute Gasteiger partial charge is 0.461 e. The minimum Gasteiger partial charge on any atom is -0.461 e. The van der Waals surface area contributed by atoms with Crippen LogP contribution in [0.25, 0.3) is 0 Å². The molecule has 0 radical (unpaired) electrons. The SMILES string of the molecule is CC(=O)OCC1=C2/C(=C/[C@](C)(O)CCC(=O)[C@@H](C)C[C@H]2OC(=O)C=C(C)C)OC1=O. The molecule has 1 aliphatic carbocycles. The molecule has 1 heterocycles. The highest BCUT2D eigenvalue weighted by molar-refractivity contribution is 5.96. The minimum absolute atomic E-state index is 0.0162. The lowest BCUT2D eigenvalue weighted by Crippen LogP contribution is -2.31. The smallest absolute Gasteiger partial charge is 0.343 e. The zero-order chi connectivity index (χ0) is 22.6. The Morgan fingerprint density at radius 3 is 2.57 bits per heavy atom. The van der Waals surface area contributed by atoms with E-state index in [-0.39, 0.29) is 48.6 Å². The number of carbonyl (C=O) groups is 4. The zero-order valence-corrected chi connectivity index (χ0v) is 17.9. The van der Waals surface area contributed by atoms with Crippen LogP contribution in [0.3, 0.4) is 0 Å². The number of esters is 3. The number of fused-ring (bicyclic) bond motifs is 1. The maximum atomic E-state index is 12.5. The first-order chi connectivity index (χ1) is 13.9. The number of rotatable bonds is 4. The third-order valence-corrected chi connectivity index (χ3v) is 4.88. The lowest BCUT2D eigenvalue weighted by atomic mass is 9.85. The highest BCUT2D eigenvalue weighted by Crippen LogP contribution is 2.37. The molecule has 164 valence electrons. The molecular weight excluding hydrogens is 392 g/mol. The molecule has 0 aromatic carbocycles. The Bertz CT molecular complexity index is 839. The second kappa shape index (κ2) is 9.38. The van der Waals surface area contributed by atoms with Gasteiger partial charge in [-0.3, -0.25) is 9.59 Å². The maximum Gasteiger partial charge on any atom is 0.343 e. The van der Waals surface area contributed by atoms with Gasteiger partial charge in [-0.05, 0) is 39.7 Å². The monoisotopic (exact) mass is 420 g/mol. The maximum absolute atomic E-state index is 12.5. The van der Waals surface area contributed by atoms with Crippen LogP contribution in [0.1, 0.15) is 53.9 Å². The fraction of sp³-hybridized carbons (Fsp3) is 0.545. The molecule has 8 heteroatoms. The Balaban J connectivity index is 2.61. The molecule has 0 aromatic heterocycles. The van der Waals surface area contributed by atoms with Crippen molar-refractivity contribution in [2.24, 2.45) is 5.92 Å². The van der Waals surface area contributed by atoms with E-state index >= 15 is 0 Å². The van der Waals surface area contributed by atoms with Crippen molar-refractivity contribution in [1.82, 2.24) is 0 Å². The number of ketones is 1. The van der Waals surface area contributed by atoms with E-state index in [1.807, 2.05) is 0 Å². The molecule has 0 bridgehead atoms. The second-order valence-electron chi connectivity index (χ2n) is 8.18. The lowest BCUT2D eigenvalue weighted by molar-refractivity contribution is -0.143. The van der Waals surface area contributed by atoms with Crippen molar-refractivity contribution in [2.75, 3.05) is 6.61 Å². The van der Waals surface area contributed by atoms with E-state index in [0.717, 1.165) is 5.57 Å². The first kappa shape index (κ1) is 23.5. The van der Waals surface area contributed by atoms with Gasteiger partial charge in [-0.25, -0.2) is 9.59 Å². The summed E-state index contributed by atoms with van der Waals surface area (Å²) in [6, 6.07) is 0. The van der Waals surface area contributed by atoms with Gasteiger partial charge in [-0.15, -0.1) is 0 Å². The lowest BCUT2D eigenvalue weighted by Gasteiger charge is -2.27. The Morgan fingerprint density at radius 2 is 1.97 bits per heavy atom. The molecule has 0 saturated heterocycles. The van der Waals surface area contributed by atoms with Crippen molar-refractivity contribution in [3.05, 3.63) is 34.6 Å². The van der Waals surface area contributed by atoms with Gasteiger partial charge in [0.1, 0.15) is 24.3 Å². The van der Waals surface area contributed by atoms with Crippen molar-refractivity contribution in [3.8, 4) is 0 Å². The van der Waals surface area contributed by atoms with Crippen LogP contribution in [0.4, 0.5) is 0 Å². The summed E-state index contributed by atoms with van der Waals surface area (Å²) < 4.78 is 15.9. The van der Waals surface area contributed by atoms with Crippen molar-refractivity contribution in [1.29, 1.82) is 0 Å². The summed E-state index contributed by atoms with van der Waals surface area (Å²) in [6.07, 6.45) is 2.03. The van der Waals surface area contributed by atoms with Gasteiger partial charge in [0.2, 0.25) is 0 Å². The summed E-state index contributed by atoms with van der Waals surface area (Å²) in [7, 11) is 0. The fourth-order valence-corrected chi connectivity index (χ4v) is 3.31. The van der Waals surface area contributed by atoms with Gasteiger partial charge in [0, 0.05) is 30.9 Å². The number of hydrogen-bond donors (Lipinski definition) is 1. The van der Waals surface area contributed by atoms with Crippen LogP contribution >= 0.6 is 0 Å². The van der Waals surface area contributed by atoms with E-state index in [1.165, 1.54) is 26.0 Å². The summed E-state index contributed by atoms with van der Waals surface area (Å²) >= 11 is 0. The van der Waals surface area contributed by atoms with Gasteiger partial charge in [-0.2, -0.15) is 0 Å². The summed E-state index contributed by atoms with van der Waals surface area (Å²) in [4.78, 5) is 48.6. The van der Waals surface area contributed by atoms with Gasteiger partial charge in [0.05, 0.1) is 11.2 Å². The molecule has 0 aromatic rings. The Kier molecular flexibility index (Phi) is 7.36. The predicted molar refractivity (Wildman–Crippen MR) is 106 cm³/mol. The first-order valence-corrected chi connectivity index (χ1v) is 9.82. The Morgan fingerprint density at radius 1 is 1.30 bits per heavy atom. The quantitative estimate of drug-likeness (QED) is 0.418. The molecule has 2 rings (SSSR count). The number of Topliss-reactive ketones (excluding diaryl/α,β-unsaturated/α-hetero) is 1. The molecule has 0 spiro atoms. The first-order valence-electron chi connectivity index (χ1n) is 9.82. The van der Waals surface area contributed by atoms with Gasteiger partial charge in [-0.1, -0.05) is 12.5 Å². The minimum atomic E-state index is -1.43. The van der Waals surface area contributed by atoms with Crippen LogP contribution < -0.4 is 0 Å². The van der Waals surface area contributed by atoms with Crippen molar-refractivity contribution in [2.45, 2.75) is 65.6 Å². The van der Waals surface area contributed by atoms with Crippen LogP contribution in [0.2, 0.25) is 0 Å². The van der Waals surface area contributed by atoms with Crippen molar-refractivity contribution in [3.63, 3.8) is 0 Å². The molecule has 0 unspecified atom stereocenters. The third-order valence-electron chi connectivity index (χ3n) is 4.88. The van der Waals surface area contributed by atoms with E-state index in [4.69, 9.17) is 14.2 Å². The molecule has 3 atom stereocenters. The van der Waals surface area contributed by atoms with Crippen LogP contribution in [0.5, 0.6) is 0 Å². The molecule has 30 heavy (non-hydrogen) atoms. The molecule has 1 N–H and O–H groups in total. The zero-order valence-electron chi connectivity index (χ0n) is 17.9. The number of carbonyl (C=O) groups excluding carboxylic acids is 4. The summed E-state index contributed by atoms with van der Waals surface area (Å²) in [5.41, 5.74) is -0.490. The molecule has 0 amide bonds. The van der Waals surface area contributed by atoms with E-state index in [1.54, 1.807) is 20.8 Å². The highest BCUT2D eigenvalue weighted by atomic mass is 16.6. The Labute approximate surface area is 175 Å². The summed E-state index contributed by atoms with van der Waals surface area (Å²) in [5.74, 6) is -2.53. The molecule has 8 nitrogen and oxygen atoms in total. The van der Waals surface area contributed by atoms with Gasteiger partial charge in [0.25, 0.3) is 0 Å². The topological polar surface area (TPSA) is 116 Å². The van der Waals surface area contributed by atoms with Crippen LogP contribution in [-0.2, 0) is 33.4 Å². The van der Waals surface area contributed by atoms with Gasteiger partial charge >= 0.3 is 17.9 Å². The number of hydrogen-bond acceptors (Lipinski definition) is 8. The van der Waals surface area contributed by atoms with E-state index in [0.29, 0.717) is 0 Å². The third kappa shape index (κ3) is 6.13. The van der Waals surface area contributed by atoms with Crippen molar-refractivity contribution < 1.29 is 38.5 Å². The van der Waals surface area contributed by atoms with Crippen LogP contribution in [0.15, 0.2) is 34.6 Å². The molecule has 0 saturated carbocycles. The van der Waals surface area contributed by atoms with Crippen molar-refractivity contribution >= 4 is 23.7 Å². The predicted octanol–water partition coefficient (Wildman–Crippen LogP) is 2.30. The summed E-state index contributed by atoms with van der Waals surface area (Å²) in [5, 5.41) is 10.7. The van der Waals surface area contributed by atoms with Gasteiger partial charge < -0.3 is 19.3 Å². The Hall–Kier alpha value is -2.74. The van der Waals surface area contributed by atoms with E-state index in [9.17, 15) is 24.3 Å². The van der Waals surface area contributed by atoms with Crippen LogP contribution in [-0.4, -0.2) is 47.1 Å². The molecule has 2 aliphatic rings.